The number of aromatic nitrogens is 2. The van der Waals surface area contributed by atoms with Gasteiger partial charge in [-0.3, -0.25) is 0 Å². The van der Waals surface area contributed by atoms with E-state index in [1.165, 1.54) is 0 Å². The van der Waals surface area contributed by atoms with Crippen LogP contribution >= 0.6 is 22.7 Å². The zero-order chi connectivity index (χ0) is 14.2. The van der Waals surface area contributed by atoms with Crippen molar-refractivity contribution in [3.63, 3.8) is 0 Å². The van der Waals surface area contributed by atoms with Gasteiger partial charge in [0.15, 0.2) is 5.82 Å². The van der Waals surface area contributed by atoms with Gasteiger partial charge >= 0.3 is 0 Å². The number of benzene rings is 1. The number of phenols is 1. The molecular formula is C16H10N2OS2. The number of fused-ring (bicyclic) bond motifs is 1. The fraction of sp³-hybridized carbons (Fsp3) is 0. The summed E-state index contributed by atoms with van der Waals surface area (Å²) in [6.07, 6.45) is 0. The molecule has 5 heteroatoms. The molecule has 0 amide bonds. The van der Waals surface area contributed by atoms with Crippen molar-refractivity contribution in [3.05, 3.63) is 53.2 Å². The molecule has 3 nitrogen and oxygen atoms in total. The highest BCUT2D eigenvalue weighted by atomic mass is 32.1. The second-order valence-electron chi connectivity index (χ2n) is 4.55. The van der Waals surface area contributed by atoms with E-state index in [4.69, 9.17) is 4.98 Å². The van der Waals surface area contributed by atoms with Crippen LogP contribution in [-0.2, 0) is 0 Å². The van der Waals surface area contributed by atoms with Crippen molar-refractivity contribution >= 4 is 33.6 Å². The minimum absolute atomic E-state index is 0.229. The van der Waals surface area contributed by atoms with Crippen LogP contribution < -0.4 is 0 Å². The van der Waals surface area contributed by atoms with Crippen LogP contribution in [0, 0.1) is 0 Å². The van der Waals surface area contributed by atoms with E-state index < -0.39 is 0 Å². The Balaban J connectivity index is 2.06. The predicted molar refractivity (Wildman–Crippen MR) is 87.8 cm³/mol. The zero-order valence-corrected chi connectivity index (χ0v) is 12.5. The highest BCUT2D eigenvalue weighted by Gasteiger charge is 2.13. The summed E-state index contributed by atoms with van der Waals surface area (Å²) in [5.41, 5.74) is 1.71. The van der Waals surface area contributed by atoms with Crippen LogP contribution in [0.1, 0.15) is 0 Å². The van der Waals surface area contributed by atoms with E-state index in [1.54, 1.807) is 34.8 Å². The number of nitrogens with zero attached hydrogens (tertiary/aromatic N) is 2. The quantitative estimate of drug-likeness (QED) is 0.579. The largest absolute Gasteiger partial charge is 0.508 e. The highest BCUT2D eigenvalue weighted by Crippen LogP contribution is 2.34. The molecular weight excluding hydrogens is 300 g/mol. The van der Waals surface area contributed by atoms with Crippen molar-refractivity contribution in [2.45, 2.75) is 0 Å². The van der Waals surface area contributed by atoms with Crippen molar-refractivity contribution in [2.24, 2.45) is 0 Å². The molecule has 3 heterocycles. The van der Waals surface area contributed by atoms with Crippen LogP contribution in [0.15, 0.2) is 53.2 Å². The van der Waals surface area contributed by atoms with Crippen LogP contribution in [0.2, 0.25) is 0 Å². The van der Waals surface area contributed by atoms with Gasteiger partial charge < -0.3 is 5.11 Å². The van der Waals surface area contributed by atoms with Gasteiger partial charge in [0.05, 0.1) is 21.0 Å². The lowest BCUT2D eigenvalue weighted by molar-refractivity contribution is 0.476. The van der Waals surface area contributed by atoms with Gasteiger partial charge in [-0.05, 0) is 41.1 Å². The Bertz CT molecular complexity index is 900. The Morgan fingerprint density at radius 2 is 1.62 bits per heavy atom. The standard InChI is InChI=1S/C16H10N2OS2/c19-10-5-6-12-11(9-10)15(13-3-1-7-20-13)18-16(17-12)14-4-2-8-21-14/h1-9,19H. The maximum absolute atomic E-state index is 9.76. The molecule has 0 aliphatic heterocycles. The predicted octanol–water partition coefficient (Wildman–Crippen LogP) is 4.79. The summed E-state index contributed by atoms with van der Waals surface area (Å²) in [4.78, 5) is 11.5. The fourth-order valence-electron chi connectivity index (χ4n) is 2.23. The second kappa shape index (κ2) is 4.95. The summed E-state index contributed by atoms with van der Waals surface area (Å²) >= 11 is 3.26. The van der Waals surface area contributed by atoms with Gasteiger partial charge in [0.25, 0.3) is 0 Å². The first-order chi connectivity index (χ1) is 10.3. The molecule has 0 bridgehead atoms. The molecule has 0 radical (unpaired) electrons. The third-order valence-corrected chi connectivity index (χ3v) is 4.92. The van der Waals surface area contributed by atoms with Gasteiger partial charge in [-0.15, -0.1) is 22.7 Å². The SMILES string of the molecule is Oc1ccc2nc(-c3cccs3)nc(-c3cccs3)c2c1. The van der Waals surface area contributed by atoms with Gasteiger partial charge in [-0.2, -0.15) is 0 Å². The highest BCUT2D eigenvalue weighted by molar-refractivity contribution is 7.14. The minimum atomic E-state index is 0.229. The molecule has 21 heavy (non-hydrogen) atoms. The molecule has 0 aliphatic carbocycles. The van der Waals surface area contributed by atoms with Crippen LogP contribution in [0.4, 0.5) is 0 Å². The summed E-state index contributed by atoms with van der Waals surface area (Å²) in [5.74, 6) is 0.958. The van der Waals surface area contributed by atoms with Gasteiger partial charge in [0, 0.05) is 5.39 Å². The Morgan fingerprint density at radius 3 is 2.33 bits per heavy atom. The van der Waals surface area contributed by atoms with E-state index >= 15 is 0 Å². The minimum Gasteiger partial charge on any atom is -0.508 e. The Morgan fingerprint density at radius 1 is 0.857 bits per heavy atom. The first-order valence-corrected chi connectivity index (χ1v) is 8.16. The smallest absolute Gasteiger partial charge is 0.170 e. The van der Waals surface area contributed by atoms with Gasteiger partial charge in [-0.25, -0.2) is 9.97 Å². The number of aromatic hydroxyl groups is 1. The molecule has 102 valence electrons. The van der Waals surface area contributed by atoms with E-state index in [-0.39, 0.29) is 5.75 Å². The normalized spacial score (nSPS) is 11.0. The van der Waals surface area contributed by atoms with Crippen LogP contribution in [0.25, 0.3) is 32.2 Å². The first kappa shape index (κ1) is 12.5. The molecule has 1 aromatic carbocycles. The number of rotatable bonds is 2. The topological polar surface area (TPSA) is 46.0 Å². The van der Waals surface area contributed by atoms with Gasteiger partial charge in [0.1, 0.15) is 5.75 Å². The molecule has 0 atom stereocenters. The fourth-order valence-corrected chi connectivity index (χ4v) is 3.62. The molecule has 1 N–H and O–H groups in total. The molecule has 4 rings (SSSR count). The van der Waals surface area contributed by atoms with E-state index in [0.717, 1.165) is 32.2 Å². The van der Waals surface area contributed by atoms with Crippen molar-refractivity contribution in [2.75, 3.05) is 0 Å². The van der Waals surface area contributed by atoms with Crippen LogP contribution in [-0.4, -0.2) is 15.1 Å². The monoisotopic (exact) mass is 310 g/mol. The summed E-state index contributed by atoms with van der Waals surface area (Å²) in [6, 6.07) is 13.3. The van der Waals surface area contributed by atoms with Crippen molar-refractivity contribution in [1.29, 1.82) is 0 Å². The molecule has 0 aliphatic rings. The molecule has 0 saturated heterocycles. The van der Waals surface area contributed by atoms with Gasteiger partial charge in [0.2, 0.25) is 0 Å². The lowest BCUT2D eigenvalue weighted by atomic mass is 10.1. The van der Waals surface area contributed by atoms with Crippen molar-refractivity contribution in [1.82, 2.24) is 9.97 Å². The summed E-state index contributed by atoms with van der Waals surface area (Å²) in [7, 11) is 0. The number of thiophene rings is 2. The van der Waals surface area contributed by atoms with E-state index in [1.807, 2.05) is 41.1 Å². The van der Waals surface area contributed by atoms with Crippen LogP contribution in [0.3, 0.4) is 0 Å². The lowest BCUT2D eigenvalue weighted by Crippen LogP contribution is -1.92. The Kier molecular flexibility index (Phi) is 2.94. The average molecular weight is 310 g/mol. The molecule has 0 spiro atoms. The van der Waals surface area contributed by atoms with Crippen molar-refractivity contribution < 1.29 is 5.11 Å². The summed E-state index contributed by atoms with van der Waals surface area (Å²) in [6.45, 7) is 0. The first-order valence-electron chi connectivity index (χ1n) is 6.40. The molecule has 0 saturated carbocycles. The third kappa shape index (κ3) is 2.20. The third-order valence-electron chi connectivity index (χ3n) is 3.18. The summed E-state index contributed by atoms with van der Waals surface area (Å²) < 4.78 is 0. The Labute approximate surface area is 129 Å². The van der Waals surface area contributed by atoms with E-state index in [9.17, 15) is 5.11 Å². The maximum Gasteiger partial charge on any atom is 0.170 e. The molecule has 3 aromatic heterocycles. The maximum atomic E-state index is 9.76. The van der Waals surface area contributed by atoms with E-state index in [2.05, 4.69) is 4.98 Å². The number of phenolic OH excluding ortho intramolecular Hbond substituents is 1. The Hall–Kier alpha value is -2.24. The zero-order valence-electron chi connectivity index (χ0n) is 10.9. The van der Waals surface area contributed by atoms with Gasteiger partial charge in [-0.1, -0.05) is 12.1 Å². The lowest BCUT2D eigenvalue weighted by Gasteiger charge is -2.07. The molecule has 0 fully saturated rings. The van der Waals surface area contributed by atoms with Crippen molar-refractivity contribution in [3.8, 4) is 27.0 Å². The van der Waals surface area contributed by atoms with Crippen LogP contribution in [0.5, 0.6) is 5.75 Å². The second-order valence-corrected chi connectivity index (χ2v) is 6.45. The summed E-state index contributed by atoms with van der Waals surface area (Å²) in [5, 5.41) is 14.7. The average Bonchev–Trinajstić information content (AvgIpc) is 3.19. The number of hydrogen-bond donors (Lipinski definition) is 1. The molecule has 0 unspecified atom stereocenters. The molecule has 4 aromatic rings. The number of hydrogen-bond acceptors (Lipinski definition) is 5. The van der Waals surface area contributed by atoms with E-state index in [0.29, 0.717) is 0 Å².